The van der Waals surface area contributed by atoms with Crippen LogP contribution in [0.15, 0.2) is 40.8 Å². The third kappa shape index (κ3) is 6.06. The van der Waals surface area contributed by atoms with Crippen LogP contribution in [0.4, 0.5) is 0 Å². The summed E-state index contributed by atoms with van der Waals surface area (Å²) in [5.74, 6) is 0.968. The SMILES string of the molecule is C/C(CN(C)N=O)=C(C)/C(=C\N)c1[nH]c2ccc(C3CCN(C(=O)CNC4CC4)CC3)cc2c1C(C)C. The number of amides is 1. The summed E-state index contributed by atoms with van der Waals surface area (Å²) in [7, 11) is 1.67. The number of nitrogens with two attached hydrogens (primary N) is 1. The molecule has 0 unspecified atom stereocenters. The first-order valence-electron chi connectivity index (χ1n) is 13.5. The second kappa shape index (κ2) is 11.5. The molecule has 1 aromatic heterocycles. The Morgan fingerprint density at radius 1 is 1.24 bits per heavy atom. The number of aromatic nitrogens is 1. The molecule has 0 radical (unpaired) electrons. The summed E-state index contributed by atoms with van der Waals surface area (Å²) >= 11 is 0. The van der Waals surface area contributed by atoms with E-state index in [0.717, 1.165) is 53.9 Å². The van der Waals surface area contributed by atoms with E-state index in [-0.39, 0.29) is 5.91 Å². The van der Waals surface area contributed by atoms with Gasteiger partial charge in [0.2, 0.25) is 5.91 Å². The fourth-order valence-corrected chi connectivity index (χ4v) is 5.51. The molecule has 1 aliphatic heterocycles. The zero-order valence-corrected chi connectivity index (χ0v) is 22.9. The number of nitrogens with one attached hydrogen (secondary N) is 2. The van der Waals surface area contributed by atoms with Crippen LogP contribution in [0.3, 0.4) is 0 Å². The van der Waals surface area contributed by atoms with Crippen LogP contribution in [0.5, 0.6) is 0 Å². The van der Waals surface area contributed by atoms with Crippen molar-refractivity contribution in [2.24, 2.45) is 11.0 Å². The molecule has 8 nitrogen and oxygen atoms in total. The van der Waals surface area contributed by atoms with E-state index in [1.807, 2.05) is 18.7 Å². The van der Waals surface area contributed by atoms with Crippen LogP contribution < -0.4 is 11.1 Å². The minimum Gasteiger partial charge on any atom is -0.404 e. The normalized spacial score (nSPS) is 17.9. The highest BCUT2D eigenvalue weighted by Gasteiger charge is 2.27. The Labute approximate surface area is 220 Å². The third-order valence-electron chi connectivity index (χ3n) is 7.96. The summed E-state index contributed by atoms with van der Waals surface area (Å²) in [4.78, 5) is 29.1. The summed E-state index contributed by atoms with van der Waals surface area (Å²) < 4.78 is 0. The first-order chi connectivity index (χ1) is 17.7. The van der Waals surface area contributed by atoms with E-state index >= 15 is 0 Å². The number of fused-ring (bicyclic) bond motifs is 1. The average Bonchev–Trinajstić information content (AvgIpc) is 3.65. The Bertz CT molecular complexity index is 1200. The molecule has 1 amide bonds. The van der Waals surface area contributed by atoms with Crippen LogP contribution in [0.25, 0.3) is 16.5 Å². The number of carbonyl (C=O) groups is 1. The second-order valence-electron chi connectivity index (χ2n) is 11.1. The Balaban J connectivity index is 1.57. The van der Waals surface area contributed by atoms with Crippen molar-refractivity contribution in [2.45, 2.75) is 71.3 Å². The topological polar surface area (TPSA) is 107 Å². The molecule has 4 N–H and O–H groups in total. The largest absolute Gasteiger partial charge is 0.404 e. The second-order valence-corrected chi connectivity index (χ2v) is 11.1. The van der Waals surface area contributed by atoms with Crippen molar-refractivity contribution in [1.82, 2.24) is 20.2 Å². The van der Waals surface area contributed by atoms with E-state index in [9.17, 15) is 9.70 Å². The number of allylic oxidation sites excluding steroid dienone is 2. The van der Waals surface area contributed by atoms with Gasteiger partial charge in [0.05, 0.1) is 24.1 Å². The molecular weight excluding hydrogens is 464 g/mol. The van der Waals surface area contributed by atoms with Gasteiger partial charge in [0, 0.05) is 48.9 Å². The fourth-order valence-electron chi connectivity index (χ4n) is 5.51. The number of nitrogens with zero attached hydrogens (tertiary/aromatic N) is 3. The predicted octanol–water partition coefficient (Wildman–Crippen LogP) is 5.00. The molecule has 0 bridgehead atoms. The zero-order chi connectivity index (χ0) is 26.7. The quantitative estimate of drug-likeness (QED) is 0.239. The van der Waals surface area contributed by atoms with Gasteiger partial charge in [0.1, 0.15) is 0 Å². The number of benzene rings is 1. The van der Waals surface area contributed by atoms with Crippen LogP contribution in [0.2, 0.25) is 0 Å². The molecule has 4 rings (SSSR count). The number of hydrogen-bond acceptors (Lipinski definition) is 5. The van der Waals surface area contributed by atoms with E-state index in [1.165, 1.54) is 34.4 Å². The van der Waals surface area contributed by atoms with Crippen molar-refractivity contribution in [2.75, 3.05) is 33.2 Å². The lowest BCUT2D eigenvalue weighted by Crippen LogP contribution is -2.42. The number of likely N-dealkylation sites (N-methyl/N-ethyl adjacent to an activating group) is 1. The Hall–Kier alpha value is -3.13. The van der Waals surface area contributed by atoms with Crippen molar-refractivity contribution in [3.05, 3.63) is 57.3 Å². The number of H-pyrrole nitrogens is 1. The molecule has 1 aromatic carbocycles. The van der Waals surface area contributed by atoms with Crippen LogP contribution in [0, 0.1) is 4.91 Å². The maximum absolute atomic E-state index is 12.6. The summed E-state index contributed by atoms with van der Waals surface area (Å²) in [6, 6.07) is 7.31. The van der Waals surface area contributed by atoms with Gasteiger partial charge in [-0.2, -0.15) is 0 Å². The molecule has 1 saturated carbocycles. The first kappa shape index (κ1) is 26.9. The molecule has 2 aliphatic rings. The van der Waals surface area contributed by atoms with Gasteiger partial charge in [0.25, 0.3) is 0 Å². The number of rotatable bonds is 10. The van der Waals surface area contributed by atoms with E-state index in [2.05, 4.69) is 47.6 Å². The summed E-state index contributed by atoms with van der Waals surface area (Å²) in [6.45, 7) is 11.0. The van der Waals surface area contributed by atoms with Gasteiger partial charge in [0.15, 0.2) is 0 Å². The van der Waals surface area contributed by atoms with Gasteiger partial charge < -0.3 is 20.9 Å². The zero-order valence-electron chi connectivity index (χ0n) is 22.9. The van der Waals surface area contributed by atoms with Crippen LogP contribution >= 0.6 is 0 Å². The Morgan fingerprint density at radius 2 is 1.95 bits per heavy atom. The third-order valence-corrected chi connectivity index (χ3v) is 7.96. The van der Waals surface area contributed by atoms with Crippen LogP contribution in [0.1, 0.15) is 82.0 Å². The number of aromatic amines is 1. The highest BCUT2D eigenvalue weighted by Crippen LogP contribution is 2.38. The monoisotopic (exact) mass is 506 g/mol. The van der Waals surface area contributed by atoms with E-state index in [1.54, 1.807) is 13.2 Å². The highest BCUT2D eigenvalue weighted by molar-refractivity contribution is 5.93. The van der Waals surface area contributed by atoms with Gasteiger partial charge in [-0.3, -0.25) is 9.80 Å². The minimum atomic E-state index is 0.230. The van der Waals surface area contributed by atoms with Crippen molar-refractivity contribution < 1.29 is 4.79 Å². The van der Waals surface area contributed by atoms with E-state index in [0.29, 0.717) is 31.0 Å². The summed E-state index contributed by atoms with van der Waals surface area (Å²) in [5, 5.41) is 8.96. The van der Waals surface area contributed by atoms with Crippen molar-refractivity contribution in [1.29, 1.82) is 0 Å². The number of piperidine rings is 1. The Kier molecular flexibility index (Phi) is 8.37. The van der Waals surface area contributed by atoms with Crippen molar-refractivity contribution >= 4 is 22.4 Å². The number of carbonyl (C=O) groups excluding carboxylic acids is 1. The van der Waals surface area contributed by atoms with Crippen molar-refractivity contribution in [3.8, 4) is 0 Å². The van der Waals surface area contributed by atoms with Gasteiger partial charge in [-0.1, -0.05) is 19.9 Å². The number of likely N-dealkylation sites (tertiary alicyclic amines) is 1. The maximum Gasteiger partial charge on any atom is 0.236 e. The number of hydrogen-bond donors (Lipinski definition) is 3. The molecule has 37 heavy (non-hydrogen) atoms. The smallest absolute Gasteiger partial charge is 0.236 e. The van der Waals surface area contributed by atoms with E-state index < -0.39 is 0 Å². The molecule has 1 aliphatic carbocycles. The molecule has 8 heteroatoms. The standard InChI is InChI=1S/C29H42N6O2/c1-18(2)28-24-14-22(21-10-12-35(13-11-21)27(36)16-31-23-7-8-23)6-9-26(24)32-29(28)25(15-30)20(4)19(3)17-34(5)33-37/h6,9,14-15,18,21,23,31-32H,7-8,10-13,16-17,30H2,1-5H3/b20-19-,25-15+. The highest BCUT2D eigenvalue weighted by atomic mass is 16.3. The average molecular weight is 507 g/mol. The summed E-state index contributed by atoms with van der Waals surface area (Å²) in [5.41, 5.74) is 13.9. The van der Waals surface area contributed by atoms with Gasteiger partial charge in [-0.15, -0.1) is 4.91 Å². The molecule has 1 saturated heterocycles. The molecule has 200 valence electrons. The van der Waals surface area contributed by atoms with Crippen LogP contribution in [-0.4, -0.2) is 60.1 Å². The van der Waals surface area contributed by atoms with Crippen LogP contribution in [-0.2, 0) is 4.79 Å². The predicted molar refractivity (Wildman–Crippen MR) is 151 cm³/mol. The number of nitroso groups, excluding NO2 is 1. The van der Waals surface area contributed by atoms with Crippen molar-refractivity contribution in [3.63, 3.8) is 0 Å². The van der Waals surface area contributed by atoms with E-state index in [4.69, 9.17) is 5.73 Å². The lowest BCUT2D eigenvalue weighted by Gasteiger charge is -2.32. The fraction of sp³-hybridized carbons (Fsp3) is 0.552. The lowest BCUT2D eigenvalue weighted by molar-refractivity contribution is -0.131. The molecule has 2 heterocycles. The molecule has 2 fully saturated rings. The molecule has 2 aromatic rings. The molecular formula is C29H42N6O2. The Morgan fingerprint density at radius 3 is 2.54 bits per heavy atom. The van der Waals surface area contributed by atoms with Gasteiger partial charge in [-0.25, -0.2) is 0 Å². The molecule has 0 spiro atoms. The van der Waals surface area contributed by atoms with Gasteiger partial charge in [-0.05, 0) is 85.8 Å². The lowest BCUT2D eigenvalue weighted by atomic mass is 9.87. The molecule has 0 atom stereocenters. The minimum absolute atomic E-state index is 0.230. The van der Waals surface area contributed by atoms with Gasteiger partial charge >= 0.3 is 0 Å². The summed E-state index contributed by atoms with van der Waals surface area (Å²) in [6.07, 6.45) is 6.04. The maximum atomic E-state index is 12.6. The first-order valence-corrected chi connectivity index (χ1v) is 13.5.